The maximum absolute atomic E-state index is 12.2. The maximum atomic E-state index is 12.2. The minimum absolute atomic E-state index is 0.249. The molecule has 21 heavy (non-hydrogen) atoms. The summed E-state index contributed by atoms with van der Waals surface area (Å²) >= 11 is 5.79. The lowest BCUT2D eigenvalue weighted by atomic mass is 10.1. The molecule has 4 nitrogen and oxygen atoms in total. The molecule has 1 aliphatic rings. The van der Waals surface area contributed by atoms with Crippen LogP contribution in [0.2, 0.25) is 0 Å². The number of anilines is 2. The molecule has 0 spiro atoms. The predicted octanol–water partition coefficient (Wildman–Crippen LogP) is 3.57. The van der Waals surface area contributed by atoms with Gasteiger partial charge in [-0.2, -0.15) is 0 Å². The van der Waals surface area contributed by atoms with Crippen molar-refractivity contribution >= 4 is 28.9 Å². The fraction of sp³-hybridized carbons (Fsp3) is 0.312. The van der Waals surface area contributed by atoms with E-state index in [0.29, 0.717) is 17.4 Å². The van der Waals surface area contributed by atoms with Gasteiger partial charge in [0.15, 0.2) is 5.76 Å². The van der Waals surface area contributed by atoms with E-state index in [0.717, 1.165) is 24.2 Å². The third-order valence-electron chi connectivity index (χ3n) is 3.85. The van der Waals surface area contributed by atoms with Gasteiger partial charge >= 0.3 is 0 Å². The Bertz CT molecular complexity index is 694. The Morgan fingerprint density at radius 2 is 2.24 bits per heavy atom. The van der Waals surface area contributed by atoms with Crippen LogP contribution in [0.4, 0.5) is 11.4 Å². The molecule has 0 saturated heterocycles. The first-order chi connectivity index (χ1) is 10.1. The van der Waals surface area contributed by atoms with Gasteiger partial charge in [0, 0.05) is 30.5 Å². The van der Waals surface area contributed by atoms with Crippen molar-refractivity contribution in [1.29, 1.82) is 0 Å². The number of aryl methyl sites for hydroxylation is 1. The van der Waals surface area contributed by atoms with Crippen LogP contribution in [0.15, 0.2) is 28.7 Å². The maximum Gasteiger partial charge on any atom is 0.291 e. The van der Waals surface area contributed by atoms with Crippen LogP contribution in [-0.4, -0.2) is 19.5 Å². The number of amides is 1. The van der Waals surface area contributed by atoms with E-state index in [1.165, 1.54) is 11.3 Å². The number of alkyl halides is 1. The molecule has 0 unspecified atom stereocenters. The molecular weight excluding hydrogens is 288 g/mol. The SMILES string of the molecule is Cc1oc(C(=O)Nc2ccc3c(c2)CCN3C)cc1CCl. The fourth-order valence-corrected chi connectivity index (χ4v) is 2.87. The highest BCUT2D eigenvalue weighted by atomic mass is 35.5. The van der Waals surface area contributed by atoms with Crippen LogP contribution in [0, 0.1) is 6.92 Å². The van der Waals surface area contributed by atoms with Crippen molar-refractivity contribution < 1.29 is 9.21 Å². The molecule has 2 heterocycles. The van der Waals surface area contributed by atoms with Gasteiger partial charge in [0.05, 0.1) is 5.88 Å². The summed E-state index contributed by atoms with van der Waals surface area (Å²) in [6.45, 7) is 2.82. The van der Waals surface area contributed by atoms with E-state index in [9.17, 15) is 4.79 Å². The molecular formula is C16H17ClN2O2. The average molecular weight is 305 g/mol. The number of nitrogens with one attached hydrogen (secondary N) is 1. The molecule has 1 aliphatic heterocycles. The van der Waals surface area contributed by atoms with Crippen LogP contribution in [0.1, 0.15) is 27.4 Å². The van der Waals surface area contributed by atoms with Crippen LogP contribution in [0.3, 0.4) is 0 Å². The number of benzene rings is 1. The topological polar surface area (TPSA) is 45.5 Å². The Balaban J connectivity index is 1.78. The van der Waals surface area contributed by atoms with Gasteiger partial charge in [-0.25, -0.2) is 0 Å². The van der Waals surface area contributed by atoms with Crippen molar-refractivity contribution in [3.63, 3.8) is 0 Å². The molecule has 0 radical (unpaired) electrons. The molecule has 2 aromatic rings. The minimum Gasteiger partial charge on any atom is -0.456 e. The molecule has 3 rings (SSSR count). The number of hydrogen-bond acceptors (Lipinski definition) is 3. The van der Waals surface area contributed by atoms with Gasteiger partial charge in [0.25, 0.3) is 5.91 Å². The lowest BCUT2D eigenvalue weighted by Crippen LogP contribution is -2.12. The van der Waals surface area contributed by atoms with E-state index in [2.05, 4.69) is 17.3 Å². The third-order valence-corrected chi connectivity index (χ3v) is 4.14. The molecule has 1 N–H and O–H groups in total. The van der Waals surface area contributed by atoms with E-state index in [1.54, 1.807) is 13.0 Å². The lowest BCUT2D eigenvalue weighted by molar-refractivity contribution is 0.0995. The first-order valence-electron chi connectivity index (χ1n) is 6.89. The first kappa shape index (κ1) is 14.0. The summed E-state index contributed by atoms with van der Waals surface area (Å²) in [5, 5.41) is 2.87. The van der Waals surface area contributed by atoms with E-state index in [-0.39, 0.29) is 5.91 Å². The Morgan fingerprint density at radius 3 is 2.95 bits per heavy atom. The van der Waals surface area contributed by atoms with Crippen LogP contribution in [0.25, 0.3) is 0 Å². The van der Waals surface area contributed by atoms with Gasteiger partial charge in [0.1, 0.15) is 5.76 Å². The highest BCUT2D eigenvalue weighted by molar-refractivity contribution is 6.17. The standard InChI is InChI=1S/C16H17ClN2O2/c1-10-12(9-17)8-15(21-10)16(20)18-13-3-4-14-11(7-13)5-6-19(14)2/h3-4,7-8H,5-6,9H2,1-2H3,(H,18,20). The van der Waals surface area contributed by atoms with E-state index in [1.807, 2.05) is 18.2 Å². The van der Waals surface area contributed by atoms with Gasteiger partial charge in [0.2, 0.25) is 0 Å². The second kappa shape index (κ2) is 5.45. The van der Waals surface area contributed by atoms with Crippen LogP contribution < -0.4 is 10.2 Å². The van der Waals surface area contributed by atoms with Gasteiger partial charge < -0.3 is 14.6 Å². The number of nitrogens with zero attached hydrogens (tertiary/aromatic N) is 1. The Kier molecular flexibility index (Phi) is 3.64. The molecule has 1 amide bonds. The van der Waals surface area contributed by atoms with Crippen LogP contribution >= 0.6 is 11.6 Å². The highest BCUT2D eigenvalue weighted by Crippen LogP contribution is 2.29. The monoisotopic (exact) mass is 304 g/mol. The molecule has 0 bridgehead atoms. The molecule has 1 aromatic heterocycles. The number of hydrogen-bond donors (Lipinski definition) is 1. The van der Waals surface area contributed by atoms with E-state index >= 15 is 0 Å². The predicted molar refractivity (Wildman–Crippen MR) is 84.4 cm³/mol. The van der Waals surface area contributed by atoms with Crippen molar-refractivity contribution in [2.45, 2.75) is 19.2 Å². The summed E-state index contributed by atoms with van der Waals surface area (Å²) in [4.78, 5) is 14.4. The van der Waals surface area contributed by atoms with E-state index in [4.69, 9.17) is 16.0 Å². The van der Waals surface area contributed by atoms with Crippen molar-refractivity contribution in [1.82, 2.24) is 0 Å². The van der Waals surface area contributed by atoms with Gasteiger partial charge in [-0.15, -0.1) is 11.6 Å². The number of rotatable bonds is 3. The molecule has 0 fully saturated rings. The number of carbonyl (C=O) groups excluding carboxylic acids is 1. The molecule has 1 aromatic carbocycles. The quantitative estimate of drug-likeness (QED) is 0.882. The number of halogens is 1. The zero-order valence-electron chi connectivity index (χ0n) is 12.1. The smallest absolute Gasteiger partial charge is 0.291 e. The summed E-state index contributed by atoms with van der Waals surface area (Å²) in [7, 11) is 2.07. The summed E-state index contributed by atoms with van der Waals surface area (Å²) in [5.41, 5.74) is 4.12. The summed E-state index contributed by atoms with van der Waals surface area (Å²) < 4.78 is 5.44. The second-order valence-electron chi connectivity index (χ2n) is 5.29. The van der Waals surface area contributed by atoms with Gasteiger partial charge in [-0.3, -0.25) is 4.79 Å². The Labute approximate surface area is 128 Å². The Hall–Kier alpha value is -1.94. The molecule has 0 atom stereocenters. The van der Waals surface area contributed by atoms with Crippen molar-refractivity contribution in [2.75, 3.05) is 23.8 Å². The minimum atomic E-state index is -0.249. The van der Waals surface area contributed by atoms with Crippen molar-refractivity contribution in [3.8, 4) is 0 Å². The third kappa shape index (κ3) is 2.63. The van der Waals surface area contributed by atoms with Gasteiger partial charge in [-0.05, 0) is 43.2 Å². The summed E-state index contributed by atoms with van der Waals surface area (Å²) in [6.07, 6.45) is 1.01. The first-order valence-corrected chi connectivity index (χ1v) is 7.42. The number of likely N-dealkylation sites (N-methyl/N-ethyl adjacent to an activating group) is 1. The molecule has 110 valence electrons. The average Bonchev–Trinajstić information content (AvgIpc) is 3.02. The number of carbonyl (C=O) groups is 1. The van der Waals surface area contributed by atoms with Crippen molar-refractivity contribution in [3.05, 3.63) is 46.9 Å². The number of furan rings is 1. The highest BCUT2D eigenvalue weighted by Gasteiger charge is 2.18. The fourth-order valence-electron chi connectivity index (χ4n) is 2.60. The molecule has 0 saturated carbocycles. The normalized spacial score (nSPS) is 13.4. The van der Waals surface area contributed by atoms with Crippen LogP contribution in [0.5, 0.6) is 0 Å². The van der Waals surface area contributed by atoms with Crippen molar-refractivity contribution in [2.24, 2.45) is 0 Å². The largest absolute Gasteiger partial charge is 0.456 e. The Morgan fingerprint density at radius 1 is 1.43 bits per heavy atom. The zero-order chi connectivity index (χ0) is 15.0. The molecule has 5 heteroatoms. The van der Waals surface area contributed by atoms with E-state index < -0.39 is 0 Å². The summed E-state index contributed by atoms with van der Waals surface area (Å²) in [5.74, 6) is 1.07. The number of fused-ring (bicyclic) bond motifs is 1. The summed E-state index contributed by atoms with van der Waals surface area (Å²) in [6, 6.07) is 7.67. The lowest BCUT2D eigenvalue weighted by Gasteiger charge is -2.12. The second-order valence-corrected chi connectivity index (χ2v) is 5.56. The van der Waals surface area contributed by atoms with Crippen LogP contribution in [-0.2, 0) is 12.3 Å². The zero-order valence-corrected chi connectivity index (χ0v) is 12.8. The molecule has 0 aliphatic carbocycles. The van der Waals surface area contributed by atoms with Gasteiger partial charge in [-0.1, -0.05) is 0 Å².